The molecule has 2 aromatic rings. The van der Waals surface area contributed by atoms with Crippen LogP contribution in [0.4, 0.5) is 0 Å². The summed E-state index contributed by atoms with van der Waals surface area (Å²) < 4.78 is 1.05. The van der Waals surface area contributed by atoms with Crippen LogP contribution in [0.1, 0.15) is 29.6 Å². The summed E-state index contributed by atoms with van der Waals surface area (Å²) >= 11 is 1.44. The number of carbonyl (C=O) groups is 1. The summed E-state index contributed by atoms with van der Waals surface area (Å²) in [5, 5.41) is 0.574. The van der Waals surface area contributed by atoms with E-state index in [0.717, 1.165) is 16.6 Å². The van der Waals surface area contributed by atoms with Crippen molar-refractivity contribution in [1.82, 2.24) is 4.98 Å². The van der Waals surface area contributed by atoms with E-state index in [0.29, 0.717) is 11.4 Å². The van der Waals surface area contributed by atoms with Gasteiger partial charge in [0, 0.05) is 12.5 Å². The van der Waals surface area contributed by atoms with Crippen LogP contribution >= 0.6 is 11.3 Å². The fraction of sp³-hybridized carbons (Fsp3) is 0.333. The van der Waals surface area contributed by atoms with Crippen molar-refractivity contribution in [3.63, 3.8) is 0 Å². The number of aromatic nitrogens is 1. The summed E-state index contributed by atoms with van der Waals surface area (Å²) in [7, 11) is 0. The SMILES string of the molecule is CCC(N)CC(=O)c1nc2ccccc2s1. The number of ketones is 1. The lowest BCUT2D eigenvalue weighted by Crippen LogP contribution is -2.22. The van der Waals surface area contributed by atoms with E-state index < -0.39 is 0 Å². The van der Waals surface area contributed by atoms with E-state index in [-0.39, 0.29) is 11.8 Å². The predicted molar refractivity (Wildman–Crippen MR) is 66.8 cm³/mol. The van der Waals surface area contributed by atoms with Crippen molar-refractivity contribution in [1.29, 1.82) is 0 Å². The van der Waals surface area contributed by atoms with Gasteiger partial charge in [-0.1, -0.05) is 19.1 Å². The summed E-state index contributed by atoms with van der Waals surface area (Å²) in [6.45, 7) is 1.98. The van der Waals surface area contributed by atoms with Crippen LogP contribution in [0.3, 0.4) is 0 Å². The van der Waals surface area contributed by atoms with Crippen molar-refractivity contribution >= 4 is 27.3 Å². The molecule has 0 saturated heterocycles. The van der Waals surface area contributed by atoms with Crippen LogP contribution in [-0.2, 0) is 0 Å². The number of Topliss-reactive ketones (excluding diaryl/α,β-unsaturated/α-hetero) is 1. The van der Waals surface area contributed by atoms with Gasteiger partial charge < -0.3 is 5.73 Å². The number of hydrogen-bond acceptors (Lipinski definition) is 4. The molecule has 1 unspecified atom stereocenters. The Balaban J connectivity index is 2.23. The second kappa shape index (κ2) is 4.72. The van der Waals surface area contributed by atoms with E-state index in [9.17, 15) is 4.79 Å². The van der Waals surface area contributed by atoms with Gasteiger partial charge in [0.1, 0.15) is 0 Å². The molecular formula is C12H14N2OS. The van der Waals surface area contributed by atoms with Gasteiger partial charge in [0.25, 0.3) is 0 Å². The molecule has 16 heavy (non-hydrogen) atoms. The van der Waals surface area contributed by atoms with E-state index in [1.54, 1.807) is 0 Å². The van der Waals surface area contributed by atoms with Gasteiger partial charge in [0.15, 0.2) is 10.8 Å². The Morgan fingerprint density at radius 3 is 2.94 bits per heavy atom. The minimum Gasteiger partial charge on any atom is -0.327 e. The molecule has 1 heterocycles. The molecule has 0 amide bonds. The van der Waals surface area contributed by atoms with Crippen molar-refractivity contribution in [3.8, 4) is 0 Å². The third kappa shape index (κ3) is 2.28. The summed E-state index contributed by atoms with van der Waals surface area (Å²) in [6.07, 6.45) is 1.20. The molecule has 84 valence electrons. The maximum atomic E-state index is 11.9. The van der Waals surface area contributed by atoms with Crippen molar-refractivity contribution < 1.29 is 4.79 Å². The molecule has 0 aliphatic carbocycles. The normalized spacial score (nSPS) is 12.9. The summed E-state index contributed by atoms with van der Waals surface area (Å²) in [4.78, 5) is 16.2. The Kier molecular flexibility index (Phi) is 3.31. The number of fused-ring (bicyclic) bond motifs is 1. The van der Waals surface area contributed by atoms with Crippen LogP contribution in [0.15, 0.2) is 24.3 Å². The van der Waals surface area contributed by atoms with Gasteiger partial charge >= 0.3 is 0 Å². The van der Waals surface area contributed by atoms with Crippen LogP contribution in [-0.4, -0.2) is 16.8 Å². The van der Waals surface area contributed by atoms with E-state index in [1.807, 2.05) is 31.2 Å². The highest BCUT2D eigenvalue weighted by Crippen LogP contribution is 2.22. The van der Waals surface area contributed by atoms with Crippen molar-refractivity contribution in [2.24, 2.45) is 5.73 Å². The summed E-state index contributed by atoms with van der Waals surface area (Å²) in [5.41, 5.74) is 6.65. The number of para-hydroxylation sites is 1. The Hall–Kier alpha value is -1.26. The van der Waals surface area contributed by atoms with Crippen molar-refractivity contribution in [3.05, 3.63) is 29.3 Å². The maximum absolute atomic E-state index is 11.9. The molecule has 4 heteroatoms. The number of nitrogens with two attached hydrogens (primary N) is 1. The van der Waals surface area contributed by atoms with Crippen LogP contribution in [0.2, 0.25) is 0 Å². The van der Waals surface area contributed by atoms with Gasteiger partial charge in [0.2, 0.25) is 0 Å². The third-order valence-corrected chi connectivity index (χ3v) is 3.58. The highest BCUT2D eigenvalue weighted by molar-refractivity contribution is 7.20. The van der Waals surface area contributed by atoms with E-state index in [2.05, 4.69) is 4.98 Å². The summed E-state index contributed by atoms with van der Waals surface area (Å²) in [6, 6.07) is 7.71. The number of thiazole rings is 1. The van der Waals surface area contributed by atoms with E-state index in [1.165, 1.54) is 11.3 Å². The minimum atomic E-state index is -0.0560. The van der Waals surface area contributed by atoms with Gasteiger partial charge in [0.05, 0.1) is 10.2 Å². The van der Waals surface area contributed by atoms with Gasteiger partial charge in [-0.15, -0.1) is 11.3 Å². The van der Waals surface area contributed by atoms with Gasteiger partial charge in [-0.2, -0.15) is 0 Å². The first-order chi connectivity index (χ1) is 7.70. The first-order valence-electron chi connectivity index (χ1n) is 5.35. The third-order valence-electron chi connectivity index (χ3n) is 2.50. The first kappa shape index (κ1) is 11.2. The highest BCUT2D eigenvalue weighted by atomic mass is 32.1. The van der Waals surface area contributed by atoms with Crippen molar-refractivity contribution in [2.45, 2.75) is 25.8 Å². The Labute approximate surface area is 98.3 Å². The van der Waals surface area contributed by atoms with Gasteiger partial charge in [-0.25, -0.2) is 4.98 Å². The first-order valence-corrected chi connectivity index (χ1v) is 6.16. The Morgan fingerprint density at radius 2 is 2.25 bits per heavy atom. The molecule has 0 saturated carbocycles. The largest absolute Gasteiger partial charge is 0.327 e. The molecule has 0 radical (unpaired) electrons. The molecular weight excluding hydrogens is 220 g/mol. The molecule has 1 aromatic heterocycles. The average molecular weight is 234 g/mol. The monoisotopic (exact) mass is 234 g/mol. The van der Waals surface area contributed by atoms with Gasteiger partial charge in [-0.05, 0) is 18.6 Å². The predicted octanol–water partition coefficient (Wildman–Crippen LogP) is 2.61. The van der Waals surface area contributed by atoms with Crippen LogP contribution in [0, 0.1) is 0 Å². The highest BCUT2D eigenvalue weighted by Gasteiger charge is 2.14. The molecule has 2 rings (SSSR count). The Morgan fingerprint density at radius 1 is 1.50 bits per heavy atom. The lowest BCUT2D eigenvalue weighted by atomic mass is 10.1. The molecule has 1 aromatic carbocycles. The molecule has 0 spiro atoms. The zero-order valence-electron chi connectivity index (χ0n) is 9.14. The number of rotatable bonds is 4. The van der Waals surface area contributed by atoms with Crippen molar-refractivity contribution in [2.75, 3.05) is 0 Å². The van der Waals surface area contributed by atoms with Gasteiger partial charge in [-0.3, -0.25) is 4.79 Å². The summed E-state index contributed by atoms with van der Waals surface area (Å²) in [5.74, 6) is 0.0514. The smallest absolute Gasteiger partial charge is 0.192 e. The molecule has 0 bridgehead atoms. The molecule has 0 aliphatic rings. The van der Waals surface area contributed by atoms with E-state index >= 15 is 0 Å². The zero-order chi connectivity index (χ0) is 11.5. The topological polar surface area (TPSA) is 56.0 Å². The molecule has 1 atom stereocenters. The quantitative estimate of drug-likeness (QED) is 0.827. The number of hydrogen-bond donors (Lipinski definition) is 1. The van der Waals surface area contributed by atoms with Crippen LogP contribution in [0.5, 0.6) is 0 Å². The van der Waals surface area contributed by atoms with Crippen LogP contribution < -0.4 is 5.73 Å². The Bertz CT molecular complexity index is 473. The maximum Gasteiger partial charge on any atom is 0.192 e. The second-order valence-corrected chi connectivity index (χ2v) is 4.81. The molecule has 0 aliphatic heterocycles. The number of nitrogens with zero attached hydrogens (tertiary/aromatic N) is 1. The molecule has 3 nitrogen and oxygen atoms in total. The van der Waals surface area contributed by atoms with E-state index in [4.69, 9.17) is 5.73 Å². The molecule has 0 fully saturated rings. The standard InChI is InChI=1S/C12H14N2OS/c1-2-8(13)7-10(15)12-14-9-5-3-4-6-11(9)16-12/h3-6,8H,2,7,13H2,1H3. The average Bonchev–Trinajstić information content (AvgIpc) is 2.72. The van der Waals surface area contributed by atoms with Crippen LogP contribution in [0.25, 0.3) is 10.2 Å². The minimum absolute atomic E-state index is 0.0514. The second-order valence-electron chi connectivity index (χ2n) is 3.78. The zero-order valence-corrected chi connectivity index (χ0v) is 9.96. The lowest BCUT2D eigenvalue weighted by Gasteiger charge is -2.04. The molecule has 2 N–H and O–H groups in total. The fourth-order valence-electron chi connectivity index (χ4n) is 1.46. The number of benzene rings is 1. The fourth-order valence-corrected chi connectivity index (χ4v) is 2.38. The lowest BCUT2D eigenvalue weighted by molar-refractivity contribution is 0.0973. The number of carbonyl (C=O) groups excluding carboxylic acids is 1.